The molecule has 9 nitrogen and oxygen atoms in total. The molecule has 1 saturated heterocycles. The van der Waals surface area contributed by atoms with Crippen LogP contribution in [0.5, 0.6) is 11.8 Å². The zero-order valence-corrected chi connectivity index (χ0v) is 20.2. The monoisotopic (exact) mass is 494 g/mol. The van der Waals surface area contributed by atoms with E-state index < -0.39 is 11.6 Å². The van der Waals surface area contributed by atoms with E-state index in [-0.39, 0.29) is 22.7 Å². The van der Waals surface area contributed by atoms with Crippen molar-refractivity contribution in [1.82, 2.24) is 30.0 Å². The molecule has 4 heterocycles. The Morgan fingerprint density at radius 3 is 2.58 bits per heavy atom. The van der Waals surface area contributed by atoms with E-state index >= 15 is 4.39 Å². The highest BCUT2D eigenvalue weighted by molar-refractivity contribution is 5.83. The van der Waals surface area contributed by atoms with Gasteiger partial charge in [0.15, 0.2) is 23.2 Å². The maximum atomic E-state index is 15.2. The summed E-state index contributed by atoms with van der Waals surface area (Å²) in [4.78, 5) is 16.2. The molecule has 11 heteroatoms. The third kappa shape index (κ3) is 4.34. The maximum absolute atomic E-state index is 15.2. The van der Waals surface area contributed by atoms with E-state index in [4.69, 9.17) is 4.74 Å². The number of nitrogens with zero attached hydrogens (tertiary/aromatic N) is 5. The zero-order valence-electron chi connectivity index (χ0n) is 20.2. The lowest BCUT2D eigenvalue weighted by molar-refractivity contribution is 0.311. The summed E-state index contributed by atoms with van der Waals surface area (Å²) in [5.74, 6) is 0.701. The highest BCUT2D eigenvalue weighted by atomic mass is 19.1. The van der Waals surface area contributed by atoms with Gasteiger partial charge in [-0.2, -0.15) is 15.1 Å². The number of benzene rings is 1. The van der Waals surface area contributed by atoms with Crippen LogP contribution in [0.25, 0.3) is 10.9 Å². The van der Waals surface area contributed by atoms with E-state index in [1.165, 1.54) is 6.42 Å². The number of anilines is 3. The molecular formula is C25H28F2N8O. The van der Waals surface area contributed by atoms with Gasteiger partial charge in [0, 0.05) is 67.1 Å². The van der Waals surface area contributed by atoms with Gasteiger partial charge < -0.3 is 24.8 Å². The molecule has 36 heavy (non-hydrogen) atoms. The summed E-state index contributed by atoms with van der Waals surface area (Å²) >= 11 is 0. The van der Waals surface area contributed by atoms with E-state index in [0.29, 0.717) is 29.1 Å². The van der Waals surface area contributed by atoms with E-state index in [0.717, 1.165) is 50.8 Å². The summed E-state index contributed by atoms with van der Waals surface area (Å²) in [6.45, 7) is 5.06. The Labute approximate surface area is 206 Å². The fourth-order valence-electron chi connectivity index (χ4n) is 4.69. The van der Waals surface area contributed by atoms with E-state index in [1.807, 2.05) is 12.1 Å². The van der Waals surface area contributed by atoms with Crippen LogP contribution in [0, 0.1) is 18.6 Å². The summed E-state index contributed by atoms with van der Waals surface area (Å²) < 4.78 is 35.6. The Balaban J connectivity index is 1.33. The largest absolute Gasteiger partial charge is 0.421 e. The van der Waals surface area contributed by atoms with Gasteiger partial charge >= 0.3 is 6.01 Å². The van der Waals surface area contributed by atoms with Gasteiger partial charge in [0.25, 0.3) is 0 Å². The van der Waals surface area contributed by atoms with E-state index in [9.17, 15) is 4.39 Å². The van der Waals surface area contributed by atoms with Crippen molar-refractivity contribution in [2.45, 2.75) is 32.1 Å². The number of halogens is 2. The number of rotatable bonds is 6. The molecule has 6 rings (SSSR count). The normalized spacial score (nSPS) is 16.9. The molecule has 2 aliphatic rings. The number of H-pyrrole nitrogens is 2. The second-order valence-corrected chi connectivity index (χ2v) is 9.66. The summed E-state index contributed by atoms with van der Waals surface area (Å²) in [5.41, 5.74) is 1.86. The molecule has 2 fully saturated rings. The first-order chi connectivity index (χ1) is 17.4. The molecule has 0 atom stereocenters. The lowest BCUT2D eigenvalue weighted by atomic mass is 9.83. The van der Waals surface area contributed by atoms with Crippen molar-refractivity contribution in [3.63, 3.8) is 0 Å². The quantitative estimate of drug-likeness (QED) is 0.353. The summed E-state index contributed by atoms with van der Waals surface area (Å²) in [7, 11) is 2.08. The number of ether oxygens (including phenoxy) is 1. The molecule has 0 unspecified atom stereocenters. The Kier molecular flexibility index (Phi) is 5.71. The standard InChI is InChI=1S/C25H28F2N8O/c1-14-10-16-23(27)19(11-17(26)24(16)28-14)36-25-30-20(13-22(31-25)35-8-6-34(2)7-9-35)29-21-12-18(32-33-21)15-4-3-5-15/h10-13,15,28H,3-9H2,1-2H3,(H2,29,30,31,32,33). The average molecular weight is 495 g/mol. The number of hydrogen-bond acceptors (Lipinski definition) is 7. The lowest BCUT2D eigenvalue weighted by Crippen LogP contribution is -2.44. The van der Waals surface area contributed by atoms with Crippen LogP contribution in [0.15, 0.2) is 24.3 Å². The summed E-state index contributed by atoms with van der Waals surface area (Å²) in [5, 5.41) is 10.8. The van der Waals surface area contributed by atoms with Gasteiger partial charge in [-0.1, -0.05) is 6.42 Å². The molecule has 3 N–H and O–H groups in total. The van der Waals surface area contributed by atoms with Crippen LogP contribution in [-0.4, -0.2) is 63.3 Å². The lowest BCUT2D eigenvalue weighted by Gasteiger charge is -2.33. The average Bonchev–Trinajstić information content (AvgIpc) is 3.43. The number of aryl methyl sites for hydroxylation is 1. The van der Waals surface area contributed by atoms with Gasteiger partial charge in [-0.15, -0.1) is 0 Å². The molecule has 0 amide bonds. The third-order valence-corrected chi connectivity index (χ3v) is 7.02. The van der Waals surface area contributed by atoms with Crippen LogP contribution in [0.3, 0.4) is 0 Å². The number of nitrogens with one attached hydrogen (secondary N) is 3. The van der Waals surface area contributed by atoms with Crippen LogP contribution in [0.1, 0.15) is 36.6 Å². The van der Waals surface area contributed by atoms with E-state index in [1.54, 1.807) is 13.0 Å². The number of hydrogen-bond donors (Lipinski definition) is 3. The molecule has 1 aliphatic heterocycles. The molecule has 0 spiro atoms. The molecular weight excluding hydrogens is 466 g/mol. The smallest absolute Gasteiger partial charge is 0.326 e. The van der Waals surface area contributed by atoms with Gasteiger partial charge in [0.2, 0.25) is 0 Å². The Hall–Kier alpha value is -3.73. The minimum Gasteiger partial charge on any atom is -0.421 e. The van der Waals surface area contributed by atoms with Gasteiger partial charge in [-0.25, -0.2) is 8.78 Å². The SMILES string of the molecule is Cc1cc2c(F)c(Oc3nc(Nc4cc(C5CCC5)[nH]n4)cc(N4CCN(C)CC4)n3)cc(F)c2[nH]1. The van der Waals surface area contributed by atoms with Crippen molar-refractivity contribution in [3.8, 4) is 11.8 Å². The topological polar surface area (TPSA) is 98.0 Å². The van der Waals surface area contributed by atoms with Crippen LogP contribution >= 0.6 is 0 Å². The van der Waals surface area contributed by atoms with Crippen molar-refractivity contribution in [3.05, 3.63) is 47.3 Å². The molecule has 1 saturated carbocycles. The minimum atomic E-state index is -0.670. The number of likely N-dealkylation sites (N-methyl/N-ethyl adjacent to an activating group) is 1. The number of aromatic amines is 2. The molecule has 0 radical (unpaired) electrons. The maximum Gasteiger partial charge on any atom is 0.326 e. The van der Waals surface area contributed by atoms with Crippen LogP contribution in [0.4, 0.5) is 26.2 Å². The van der Waals surface area contributed by atoms with Crippen molar-refractivity contribution >= 4 is 28.4 Å². The minimum absolute atomic E-state index is 0.0754. The van der Waals surface area contributed by atoms with Crippen LogP contribution < -0.4 is 15.0 Å². The first-order valence-electron chi connectivity index (χ1n) is 12.2. The Morgan fingerprint density at radius 2 is 1.83 bits per heavy atom. The van der Waals surface area contributed by atoms with E-state index in [2.05, 4.69) is 47.3 Å². The van der Waals surface area contributed by atoms with Gasteiger partial charge in [0.05, 0.1) is 5.52 Å². The highest BCUT2D eigenvalue weighted by Gasteiger charge is 2.23. The van der Waals surface area contributed by atoms with Crippen molar-refractivity contribution < 1.29 is 13.5 Å². The first-order valence-corrected chi connectivity index (χ1v) is 12.2. The van der Waals surface area contributed by atoms with Gasteiger partial charge in [0.1, 0.15) is 11.6 Å². The van der Waals surface area contributed by atoms with Gasteiger partial charge in [-0.05, 0) is 32.9 Å². The van der Waals surface area contributed by atoms with Crippen molar-refractivity contribution in [1.29, 1.82) is 0 Å². The second-order valence-electron chi connectivity index (χ2n) is 9.66. The Morgan fingerprint density at radius 1 is 1.03 bits per heavy atom. The van der Waals surface area contributed by atoms with Crippen molar-refractivity contribution in [2.75, 3.05) is 43.4 Å². The fourth-order valence-corrected chi connectivity index (χ4v) is 4.69. The van der Waals surface area contributed by atoms with Gasteiger partial charge in [-0.3, -0.25) is 5.10 Å². The summed E-state index contributed by atoms with van der Waals surface area (Å²) in [6, 6.07) is 6.30. The molecule has 4 aromatic rings. The molecule has 0 bridgehead atoms. The van der Waals surface area contributed by atoms with Crippen LogP contribution in [-0.2, 0) is 0 Å². The molecule has 1 aliphatic carbocycles. The first kappa shape index (κ1) is 22.7. The number of fused-ring (bicyclic) bond motifs is 1. The predicted molar refractivity (Wildman–Crippen MR) is 133 cm³/mol. The zero-order chi connectivity index (χ0) is 24.8. The molecule has 188 valence electrons. The van der Waals surface area contributed by atoms with Crippen LogP contribution in [0.2, 0.25) is 0 Å². The number of piperazine rings is 1. The predicted octanol–water partition coefficient (Wildman–Crippen LogP) is 4.82. The van der Waals surface area contributed by atoms with Crippen molar-refractivity contribution in [2.24, 2.45) is 0 Å². The highest BCUT2D eigenvalue weighted by Crippen LogP contribution is 2.36. The fraction of sp³-hybridized carbons (Fsp3) is 0.400. The second kappa shape index (κ2) is 9.05. The summed E-state index contributed by atoms with van der Waals surface area (Å²) in [6.07, 6.45) is 3.56. The third-order valence-electron chi connectivity index (χ3n) is 7.02. The molecule has 1 aromatic carbocycles. The molecule has 3 aromatic heterocycles. The Bertz CT molecular complexity index is 1400. The number of aromatic nitrogens is 5.